The number of benzene rings is 2. The molecule has 0 radical (unpaired) electrons. The minimum absolute atomic E-state index is 0.109. The summed E-state index contributed by atoms with van der Waals surface area (Å²) in [4.78, 5) is 22.1. The van der Waals surface area contributed by atoms with E-state index in [0.717, 1.165) is 0 Å². The van der Waals surface area contributed by atoms with E-state index in [-0.39, 0.29) is 34.2 Å². The van der Waals surface area contributed by atoms with Crippen molar-refractivity contribution < 1.29 is 18.7 Å². The highest BCUT2D eigenvalue weighted by Gasteiger charge is 2.25. The van der Waals surface area contributed by atoms with E-state index in [1.807, 2.05) is 6.07 Å². The third-order valence-corrected chi connectivity index (χ3v) is 6.31. The van der Waals surface area contributed by atoms with Gasteiger partial charge in [-0.05, 0) is 18.2 Å². The number of methoxy groups -OCH3 is 1. The van der Waals surface area contributed by atoms with Gasteiger partial charge in [0.2, 0.25) is 5.91 Å². The molecule has 1 saturated heterocycles. The molecule has 1 aliphatic rings. The maximum atomic E-state index is 14.6. The van der Waals surface area contributed by atoms with Crippen molar-refractivity contribution in [3.63, 3.8) is 0 Å². The minimum Gasteiger partial charge on any atom is -0.493 e. The summed E-state index contributed by atoms with van der Waals surface area (Å²) in [6, 6.07) is 8.30. The monoisotopic (exact) mass is 503 g/mol. The fraction of sp³-hybridized carbons (Fsp3) is 0.304. The van der Waals surface area contributed by atoms with Crippen LogP contribution in [0.25, 0.3) is 10.9 Å². The standard InChI is InChI=1S/C23H20Cl2FN5O3/c1-33-18-11-17-14(10-19(18)34-13-5-8-31(9-6-13)20(32)4-7-27)23(29-12-28-17)30-16-3-2-15(24)21(25)22(16)26/h2-3,10-13H,4-6,8-9H2,1H3,(H,28,29,30). The molecular weight excluding hydrogens is 484 g/mol. The van der Waals surface area contributed by atoms with Gasteiger partial charge in [-0.3, -0.25) is 4.79 Å². The second-order valence-electron chi connectivity index (χ2n) is 7.62. The Hall–Kier alpha value is -3.35. The highest BCUT2D eigenvalue weighted by atomic mass is 35.5. The fourth-order valence-corrected chi connectivity index (χ4v) is 4.06. The maximum Gasteiger partial charge on any atom is 0.236 e. The van der Waals surface area contributed by atoms with E-state index in [4.69, 9.17) is 37.9 Å². The normalized spacial score (nSPS) is 14.0. The molecule has 0 bridgehead atoms. The van der Waals surface area contributed by atoms with Crippen LogP contribution in [0.3, 0.4) is 0 Å². The number of piperidine rings is 1. The van der Waals surface area contributed by atoms with Crippen LogP contribution < -0.4 is 14.8 Å². The fourth-order valence-electron chi connectivity index (χ4n) is 3.75. The molecule has 176 valence electrons. The number of nitrogens with zero attached hydrogens (tertiary/aromatic N) is 4. The van der Waals surface area contributed by atoms with Crippen molar-refractivity contribution in [3.05, 3.63) is 46.5 Å². The summed E-state index contributed by atoms with van der Waals surface area (Å²) in [5.74, 6) is 0.451. The molecule has 0 saturated carbocycles. The first-order valence-corrected chi connectivity index (χ1v) is 11.2. The van der Waals surface area contributed by atoms with Crippen molar-refractivity contribution in [3.8, 4) is 17.6 Å². The lowest BCUT2D eigenvalue weighted by Crippen LogP contribution is -2.41. The van der Waals surface area contributed by atoms with E-state index in [1.165, 1.54) is 25.6 Å². The van der Waals surface area contributed by atoms with E-state index < -0.39 is 5.82 Å². The van der Waals surface area contributed by atoms with E-state index >= 15 is 0 Å². The number of aromatic nitrogens is 2. The highest BCUT2D eigenvalue weighted by Crippen LogP contribution is 2.37. The van der Waals surface area contributed by atoms with Gasteiger partial charge in [0.1, 0.15) is 24.7 Å². The zero-order valence-corrected chi connectivity index (χ0v) is 19.7. The molecule has 1 amide bonds. The van der Waals surface area contributed by atoms with Gasteiger partial charge in [-0.15, -0.1) is 0 Å². The van der Waals surface area contributed by atoms with E-state index in [9.17, 15) is 9.18 Å². The summed E-state index contributed by atoms with van der Waals surface area (Å²) in [6.45, 7) is 1.02. The van der Waals surface area contributed by atoms with Crippen molar-refractivity contribution in [1.82, 2.24) is 14.9 Å². The molecule has 34 heavy (non-hydrogen) atoms. The Balaban J connectivity index is 1.59. The number of fused-ring (bicyclic) bond motifs is 1. The summed E-state index contributed by atoms with van der Waals surface area (Å²) in [7, 11) is 1.53. The lowest BCUT2D eigenvalue weighted by Gasteiger charge is -2.32. The molecule has 0 atom stereocenters. The summed E-state index contributed by atoms with van der Waals surface area (Å²) >= 11 is 11.8. The van der Waals surface area contributed by atoms with Crippen LogP contribution in [-0.4, -0.2) is 47.1 Å². The summed E-state index contributed by atoms with van der Waals surface area (Å²) in [6.07, 6.45) is 2.31. The number of hydrogen-bond acceptors (Lipinski definition) is 7. The number of carbonyl (C=O) groups excluding carboxylic acids is 1. The Kier molecular flexibility index (Phi) is 7.20. The third-order valence-electron chi connectivity index (χ3n) is 5.53. The number of amides is 1. The lowest BCUT2D eigenvalue weighted by atomic mass is 10.1. The zero-order valence-electron chi connectivity index (χ0n) is 18.1. The van der Waals surface area contributed by atoms with Crippen molar-refractivity contribution in [2.45, 2.75) is 25.4 Å². The molecule has 0 unspecified atom stereocenters. The molecule has 1 N–H and O–H groups in total. The van der Waals surface area contributed by atoms with Crippen molar-refractivity contribution >= 4 is 51.5 Å². The van der Waals surface area contributed by atoms with E-state index in [1.54, 1.807) is 17.0 Å². The van der Waals surface area contributed by atoms with Gasteiger partial charge >= 0.3 is 0 Å². The zero-order chi connectivity index (χ0) is 24.2. The van der Waals surface area contributed by atoms with Gasteiger partial charge in [-0.25, -0.2) is 14.4 Å². The number of anilines is 2. The first kappa shape index (κ1) is 23.8. The van der Waals surface area contributed by atoms with Gasteiger partial charge in [0.15, 0.2) is 17.3 Å². The first-order valence-electron chi connectivity index (χ1n) is 10.5. The molecule has 2 aromatic carbocycles. The SMILES string of the molecule is COc1cc2ncnc(Nc3ccc(Cl)c(Cl)c3F)c2cc1OC1CCN(C(=O)CC#N)CC1. The average Bonchev–Trinajstić information content (AvgIpc) is 2.85. The van der Waals surface area contributed by atoms with Gasteiger partial charge in [0.05, 0.1) is 34.4 Å². The number of ether oxygens (including phenoxy) is 2. The predicted molar refractivity (Wildman–Crippen MR) is 126 cm³/mol. The number of carbonyl (C=O) groups is 1. The van der Waals surface area contributed by atoms with E-state index in [0.29, 0.717) is 54.2 Å². The highest BCUT2D eigenvalue weighted by molar-refractivity contribution is 6.42. The second kappa shape index (κ2) is 10.3. The van der Waals surface area contributed by atoms with Crippen LogP contribution >= 0.6 is 23.2 Å². The minimum atomic E-state index is -0.691. The Labute approximate surface area is 205 Å². The molecule has 1 fully saturated rings. The third kappa shape index (κ3) is 4.93. The molecule has 1 aromatic heterocycles. The molecule has 11 heteroatoms. The Morgan fingerprint density at radius 2 is 2.03 bits per heavy atom. The van der Waals surface area contributed by atoms with Crippen molar-refractivity contribution in [1.29, 1.82) is 5.26 Å². The van der Waals surface area contributed by atoms with E-state index in [2.05, 4.69) is 15.3 Å². The van der Waals surface area contributed by atoms with Crippen LogP contribution in [-0.2, 0) is 4.79 Å². The predicted octanol–water partition coefficient (Wildman–Crippen LogP) is 5.11. The van der Waals surface area contributed by atoms with Gasteiger partial charge in [0.25, 0.3) is 0 Å². The molecule has 4 rings (SSSR count). The molecule has 3 aromatic rings. The Morgan fingerprint density at radius 1 is 1.26 bits per heavy atom. The summed E-state index contributed by atoms with van der Waals surface area (Å²) in [5, 5.41) is 12.2. The lowest BCUT2D eigenvalue weighted by molar-refractivity contribution is -0.131. The quantitative estimate of drug-likeness (QED) is 0.466. The first-order chi connectivity index (χ1) is 16.4. The second-order valence-corrected chi connectivity index (χ2v) is 8.41. The topological polar surface area (TPSA) is 100 Å². The van der Waals surface area contributed by atoms with Crippen LogP contribution in [0.1, 0.15) is 19.3 Å². The number of hydrogen-bond donors (Lipinski definition) is 1. The maximum absolute atomic E-state index is 14.6. The van der Waals surface area contributed by atoms with Gasteiger partial charge in [-0.1, -0.05) is 23.2 Å². The van der Waals surface area contributed by atoms with Crippen LogP contribution in [0, 0.1) is 17.1 Å². The molecule has 1 aliphatic heterocycles. The van der Waals surface area contributed by atoms with Crippen LogP contribution in [0.15, 0.2) is 30.6 Å². The molecule has 0 spiro atoms. The Bertz CT molecular complexity index is 1280. The Morgan fingerprint density at radius 3 is 2.74 bits per heavy atom. The van der Waals surface area contributed by atoms with Gasteiger partial charge in [-0.2, -0.15) is 5.26 Å². The number of halogens is 3. The van der Waals surface area contributed by atoms with Crippen LogP contribution in [0.2, 0.25) is 10.0 Å². The van der Waals surface area contributed by atoms with Gasteiger partial charge < -0.3 is 19.7 Å². The molecular formula is C23H20Cl2FN5O3. The van der Waals surface area contributed by atoms with Crippen LogP contribution in [0.4, 0.5) is 15.9 Å². The largest absolute Gasteiger partial charge is 0.493 e. The molecule has 0 aliphatic carbocycles. The summed E-state index contributed by atoms with van der Waals surface area (Å²) in [5.41, 5.74) is 0.682. The van der Waals surface area contributed by atoms with Crippen molar-refractivity contribution in [2.75, 3.05) is 25.5 Å². The van der Waals surface area contributed by atoms with Crippen molar-refractivity contribution in [2.24, 2.45) is 0 Å². The molecule has 2 heterocycles. The summed E-state index contributed by atoms with van der Waals surface area (Å²) < 4.78 is 26.3. The number of rotatable bonds is 6. The number of nitriles is 1. The van der Waals surface area contributed by atoms with Crippen LogP contribution in [0.5, 0.6) is 11.5 Å². The smallest absolute Gasteiger partial charge is 0.236 e. The average molecular weight is 504 g/mol. The molecule has 8 nitrogen and oxygen atoms in total. The van der Waals surface area contributed by atoms with Gasteiger partial charge in [0, 0.05) is 37.4 Å². The number of nitrogens with one attached hydrogen (secondary N) is 1. The number of likely N-dealkylation sites (tertiary alicyclic amines) is 1.